The van der Waals surface area contributed by atoms with E-state index in [-0.39, 0.29) is 68.0 Å². The Hall–Kier alpha value is -4.10. The third-order valence-electron chi connectivity index (χ3n) is 15.5. The van der Waals surface area contributed by atoms with Crippen LogP contribution in [-0.4, -0.2) is 151 Å². The summed E-state index contributed by atoms with van der Waals surface area (Å²) in [6, 6.07) is -1.19. The van der Waals surface area contributed by atoms with Crippen LogP contribution >= 0.6 is 0 Å². The lowest BCUT2D eigenvalue weighted by Crippen LogP contribution is -2.61. The zero-order valence-electron chi connectivity index (χ0n) is 45.3. The number of amides is 1. The minimum Gasteiger partial charge on any atom is -0.460 e. The molecule has 17 heteroatoms. The molecule has 2 saturated heterocycles. The van der Waals surface area contributed by atoms with Crippen LogP contribution in [0, 0.1) is 41.4 Å². The summed E-state index contributed by atoms with van der Waals surface area (Å²) >= 11 is 0. The topological polar surface area (TPSA) is 231 Å². The zero-order chi connectivity index (χ0) is 54.2. The summed E-state index contributed by atoms with van der Waals surface area (Å²) in [6.07, 6.45) is 9.13. The van der Waals surface area contributed by atoms with Crippen molar-refractivity contribution in [1.29, 1.82) is 0 Å². The molecule has 2 bridgehead atoms. The van der Waals surface area contributed by atoms with Crippen molar-refractivity contribution in [2.75, 3.05) is 41.1 Å². The standard InChI is InChI=1S/C56H87NO16/c1-33-17-13-12-14-18-35(3)46(67-9)29-42-22-20-40(8)56(66,73-42)52(62)53(63)57-24-16-15-19-43(57)54(64)71-47(37(5)27-41-21-23-44(59)48(28-41)68-10)30-45(60)36(4)26-39(7)50(51(69-11)49(61)38(6)25-33)72-55(65)70-32-34(2)31-58/h12-14,17-18,26,33-34,36-38,40-44,46-48,50-51,58-59,66H,15-16,19-25,27-32H2,1-11H3/b14-12+,17-13+,35-18+,39-26+/t33-,34?,36-,37-,38-,40-,41+,42?,43?,44-,46+,47+,48-,50-,51+,56-/m1/s1. The number of hydrogen-bond donors (Lipinski definition) is 3. The van der Waals surface area contributed by atoms with Crippen LogP contribution in [0.4, 0.5) is 4.79 Å². The molecule has 3 fully saturated rings. The number of aliphatic hydroxyl groups excluding tert-OH is 2. The number of hydrogen-bond acceptors (Lipinski definition) is 16. The van der Waals surface area contributed by atoms with Gasteiger partial charge in [0.1, 0.15) is 17.9 Å². The number of carbonyl (C=O) groups excluding carboxylic acids is 6. The molecule has 412 valence electrons. The molecule has 0 radical (unpaired) electrons. The summed E-state index contributed by atoms with van der Waals surface area (Å²) in [6.45, 7) is 13.8. The number of piperidine rings is 1. The van der Waals surface area contributed by atoms with Crippen molar-refractivity contribution in [3.63, 3.8) is 0 Å². The lowest BCUT2D eigenvalue weighted by Gasteiger charge is -2.42. The Morgan fingerprint density at radius 2 is 1.59 bits per heavy atom. The first-order valence-corrected chi connectivity index (χ1v) is 26.5. The van der Waals surface area contributed by atoms with E-state index >= 15 is 0 Å². The summed E-state index contributed by atoms with van der Waals surface area (Å²) in [4.78, 5) is 86.3. The highest BCUT2D eigenvalue weighted by molar-refractivity contribution is 6.39. The van der Waals surface area contributed by atoms with Crippen LogP contribution in [0.25, 0.3) is 0 Å². The Kier molecular flexibility index (Phi) is 24.6. The first-order valence-electron chi connectivity index (χ1n) is 26.5. The number of nitrogens with zero attached hydrogens (tertiary/aromatic N) is 1. The molecule has 3 unspecified atom stereocenters. The maximum atomic E-state index is 14.5. The van der Waals surface area contributed by atoms with Crippen molar-refractivity contribution in [2.24, 2.45) is 41.4 Å². The molecule has 17 nitrogen and oxygen atoms in total. The highest BCUT2D eigenvalue weighted by Gasteiger charge is 2.53. The molecule has 1 saturated carbocycles. The Morgan fingerprint density at radius 1 is 0.863 bits per heavy atom. The van der Waals surface area contributed by atoms with Gasteiger partial charge in [-0.15, -0.1) is 0 Å². The summed E-state index contributed by atoms with van der Waals surface area (Å²) in [7, 11) is 4.46. The number of carbonyl (C=O) groups is 6. The number of rotatable bonds is 10. The summed E-state index contributed by atoms with van der Waals surface area (Å²) in [5.41, 5.74) is 1.19. The van der Waals surface area contributed by atoms with E-state index in [1.807, 2.05) is 51.2 Å². The van der Waals surface area contributed by atoms with Gasteiger partial charge in [-0.05, 0) is 107 Å². The van der Waals surface area contributed by atoms with Crippen molar-refractivity contribution < 1.29 is 77.2 Å². The van der Waals surface area contributed by atoms with Gasteiger partial charge in [0.2, 0.25) is 5.79 Å². The molecule has 3 heterocycles. The molecule has 1 amide bonds. The quantitative estimate of drug-likeness (QED) is 0.114. The molecule has 3 N–H and O–H groups in total. The minimum atomic E-state index is -2.46. The van der Waals surface area contributed by atoms with Gasteiger partial charge in [-0.1, -0.05) is 78.0 Å². The number of ether oxygens (including phenoxy) is 7. The van der Waals surface area contributed by atoms with Gasteiger partial charge < -0.3 is 53.4 Å². The second-order valence-corrected chi connectivity index (χ2v) is 21.5. The summed E-state index contributed by atoms with van der Waals surface area (Å²) in [5.74, 6) is -9.08. The third kappa shape index (κ3) is 17.2. The van der Waals surface area contributed by atoms with Crippen LogP contribution < -0.4 is 0 Å². The van der Waals surface area contributed by atoms with Gasteiger partial charge in [-0.3, -0.25) is 19.2 Å². The Balaban J connectivity index is 1.77. The molecule has 3 aliphatic heterocycles. The van der Waals surface area contributed by atoms with Gasteiger partial charge in [-0.2, -0.15) is 0 Å². The Labute approximate surface area is 433 Å². The summed E-state index contributed by atoms with van der Waals surface area (Å²) < 4.78 is 40.8. The van der Waals surface area contributed by atoms with Crippen LogP contribution in [0.3, 0.4) is 0 Å². The molecule has 16 atom stereocenters. The second kappa shape index (κ2) is 29.3. The lowest BCUT2D eigenvalue weighted by atomic mass is 9.78. The average molecular weight is 1030 g/mol. The van der Waals surface area contributed by atoms with Crippen LogP contribution in [-0.2, 0) is 57.1 Å². The van der Waals surface area contributed by atoms with Crippen molar-refractivity contribution in [3.05, 3.63) is 47.6 Å². The minimum absolute atomic E-state index is 0.0552. The highest BCUT2D eigenvalue weighted by atomic mass is 16.7. The SMILES string of the molecule is CO[C@H]1CC2CC[C@@H](C)[C@@](O)(O2)C(=O)C(=O)N2CCCCC2C(=O)O[C@H]([C@H](C)C[C@@H]2CC[C@@H](O)[C@H](OC)C2)CC(=O)[C@H](C)/C=C(\C)[C@@H](OC(=O)OCC(C)CO)[C@@H](OC)C(=O)[C@H](C)C[C@H](C)/C=C/C=C/C=C/1C. The fourth-order valence-electron chi connectivity index (χ4n) is 10.7. The second-order valence-electron chi connectivity index (χ2n) is 21.5. The van der Waals surface area contributed by atoms with Crippen molar-refractivity contribution in [2.45, 2.75) is 187 Å². The average Bonchev–Trinajstić information content (AvgIpc) is 3.37. The predicted molar refractivity (Wildman–Crippen MR) is 272 cm³/mol. The van der Waals surface area contributed by atoms with Crippen molar-refractivity contribution >= 4 is 35.4 Å². The van der Waals surface area contributed by atoms with E-state index in [1.165, 1.54) is 12.0 Å². The van der Waals surface area contributed by atoms with Gasteiger partial charge in [-0.25, -0.2) is 9.59 Å². The number of Topliss-reactive ketones (excluding diaryl/α,β-unsaturated/α-hetero) is 3. The molecule has 73 heavy (non-hydrogen) atoms. The third-order valence-corrected chi connectivity index (χ3v) is 15.5. The van der Waals surface area contributed by atoms with E-state index in [4.69, 9.17) is 33.2 Å². The van der Waals surface area contributed by atoms with Crippen LogP contribution in [0.1, 0.15) is 132 Å². The molecule has 1 aliphatic carbocycles. The maximum absolute atomic E-state index is 14.5. The number of fused-ring (bicyclic) bond motifs is 3. The first kappa shape index (κ1) is 61.4. The Morgan fingerprint density at radius 3 is 2.26 bits per heavy atom. The smallest absolute Gasteiger partial charge is 0.460 e. The molecular weight excluding hydrogens is 943 g/mol. The molecule has 0 spiro atoms. The van der Waals surface area contributed by atoms with Gasteiger partial charge >= 0.3 is 12.1 Å². The van der Waals surface area contributed by atoms with Crippen LogP contribution in [0.5, 0.6) is 0 Å². The normalized spacial score (nSPS) is 37.6. The number of cyclic esters (lactones) is 1. The van der Waals surface area contributed by atoms with E-state index < -0.39 is 95.9 Å². The highest BCUT2D eigenvalue weighted by Crippen LogP contribution is 2.38. The molecule has 0 aromatic rings. The number of ketones is 3. The molecule has 4 rings (SSSR count). The van der Waals surface area contributed by atoms with Crippen molar-refractivity contribution in [3.8, 4) is 0 Å². The first-order chi connectivity index (χ1) is 34.6. The van der Waals surface area contributed by atoms with E-state index in [9.17, 15) is 44.1 Å². The maximum Gasteiger partial charge on any atom is 0.508 e. The molecule has 0 aromatic carbocycles. The van der Waals surface area contributed by atoms with Gasteiger partial charge in [0.25, 0.3) is 11.7 Å². The van der Waals surface area contributed by atoms with Crippen LogP contribution in [0.15, 0.2) is 47.6 Å². The van der Waals surface area contributed by atoms with E-state index in [0.717, 1.165) is 5.57 Å². The van der Waals surface area contributed by atoms with Gasteiger partial charge in [0.15, 0.2) is 18.0 Å². The van der Waals surface area contributed by atoms with E-state index in [0.29, 0.717) is 69.8 Å². The zero-order valence-corrected chi connectivity index (χ0v) is 45.3. The fourth-order valence-corrected chi connectivity index (χ4v) is 10.7. The largest absolute Gasteiger partial charge is 0.508 e. The fraction of sp³-hybridized carbons (Fsp3) is 0.750. The number of aliphatic hydroxyl groups is 3. The number of esters is 1. The van der Waals surface area contributed by atoms with E-state index in [2.05, 4.69) is 0 Å². The molecule has 0 aromatic heterocycles. The predicted octanol–water partition coefficient (Wildman–Crippen LogP) is 6.97. The van der Waals surface area contributed by atoms with Crippen molar-refractivity contribution in [1.82, 2.24) is 4.90 Å². The van der Waals surface area contributed by atoms with Gasteiger partial charge in [0.05, 0.1) is 31.0 Å². The van der Waals surface area contributed by atoms with E-state index in [1.54, 1.807) is 54.9 Å². The monoisotopic (exact) mass is 1030 g/mol. The Bertz CT molecular complexity index is 1980. The lowest BCUT2D eigenvalue weighted by molar-refractivity contribution is -0.265. The van der Waals surface area contributed by atoms with Crippen LogP contribution in [0.2, 0.25) is 0 Å². The van der Waals surface area contributed by atoms with Gasteiger partial charge in [0, 0.05) is 71.0 Å². The molecular formula is C56H87NO16. The molecule has 4 aliphatic rings. The summed E-state index contributed by atoms with van der Waals surface area (Å²) in [5, 5.41) is 32.1. The number of allylic oxidation sites excluding steroid dienone is 6. The number of methoxy groups -OCH3 is 3.